The van der Waals surface area contributed by atoms with Crippen LogP contribution < -0.4 is 4.74 Å². The molecule has 1 heterocycles. The number of aliphatic hydroxyl groups is 1. The van der Waals surface area contributed by atoms with Gasteiger partial charge in [0.2, 0.25) is 5.88 Å². The Balaban J connectivity index is 1.23. The van der Waals surface area contributed by atoms with Gasteiger partial charge in [-0.1, -0.05) is 6.92 Å². The van der Waals surface area contributed by atoms with Crippen LogP contribution in [0.5, 0.6) is 5.88 Å². The molecule has 4 aliphatic carbocycles. The quantitative estimate of drug-likeness (QED) is 0.433. The lowest BCUT2D eigenvalue weighted by atomic mass is 9.47. The van der Waals surface area contributed by atoms with Crippen LogP contribution in [-0.4, -0.2) is 65.7 Å². The Kier molecular flexibility index (Phi) is 7.93. The minimum atomic E-state index is -2.89. The fourth-order valence-corrected chi connectivity index (χ4v) is 8.78. The van der Waals surface area contributed by atoms with Crippen LogP contribution in [0, 0.1) is 40.9 Å². The minimum Gasteiger partial charge on any atom is -0.474 e. The molecule has 38 heavy (non-hydrogen) atoms. The number of hydrogen-bond donors (Lipinski definition) is 1. The number of carbonyl (C=O) groups is 1. The van der Waals surface area contributed by atoms with Gasteiger partial charge in [0.05, 0.1) is 32.0 Å². The number of hydrogen-bond acceptors (Lipinski definition) is 6. The van der Waals surface area contributed by atoms with E-state index in [4.69, 9.17) is 14.2 Å². The lowest BCUT2D eigenvalue weighted by Crippen LogP contribution is -2.59. The Labute approximate surface area is 224 Å². The van der Waals surface area contributed by atoms with E-state index in [0.29, 0.717) is 57.5 Å². The first-order valence-electron chi connectivity index (χ1n) is 14.4. The Morgan fingerprint density at radius 1 is 1.05 bits per heavy atom. The number of Topliss-reactive ketones (excluding diaryl/α,β-unsaturated/α-hetero) is 1. The van der Waals surface area contributed by atoms with E-state index in [1.54, 1.807) is 26.3 Å². The molecule has 1 aromatic heterocycles. The number of ether oxygens (including phenoxy) is 3. The van der Waals surface area contributed by atoms with Crippen molar-refractivity contribution >= 4 is 5.78 Å². The molecule has 1 aromatic rings. The average Bonchev–Trinajstić information content (AvgIpc) is 3.45. The van der Waals surface area contributed by atoms with Crippen LogP contribution in [-0.2, 0) is 20.8 Å². The van der Waals surface area contributed by atoms with Crippen molar-refractivity contribution in [3.05, 3.63) is 12.3 Å². The van der Waals surface area contributed by atoms with E-state index in [1.807, 2.05) is 6.92 Å². The van der Waals surface area contributed by atoms with Crippen molar-refractivity contribution in [1.82, 2.24) is 9.78 Å². The average molecular weight is 539 g/mol. The molecule has 1 N–H and O–H groups in total. The summed E-state index contributed by atoms with van der Waals surface area (Å²) in [6.45, 7) is 5.29. The molecule has 0 spiro atoms. The summed E-state index contributed by atoms with van der Waals surface area (Å²) in [5.74, 6) is -2.61. The number of methoxy groups -OCH3 is 1. The lowest BCUT2D eigenvalue weighted by molar-refractivity contribution is -0.228. The van der Waals surface area contributed by atoms with Crippen molar-refractivity contribution in [1.29, 1.82) is 0 Å². The molecule has 4 fully saturated rings. The van der Waals surface area contributed by atoms with E-state index in [0.717, 1.165) is 25.7 Å². The number of fused-ring (bicyclic) bond motifs is 5. The maximum absolute atomic E-state index is 16.2. The summed E-state index contributed by atoms with van der Waals surface area (Å²) in [7, 11) is 1.61. The molecule has 0 bridgehead atoms. The first-order valence-corrected chi connectivity index (χ1v) is 14.4. The van der Waals surface area contributed by atoms with E-state index in [2.05, 4.69) is 5.10 Å². The first-order chi connectivity index (χ1) is 18.1. The van der Waals surface area contributed by atoms with Gasteiger partial charge in [-0.05, 0) is 81.5 Å². The van der Waals surface area contributed by atoms with Crippen LogP contribution in [0.15, 0.2) is 12.3 Å². The number of alkyl halides is 2. The molecule has 5 rings (SSSR count). The van der Waals surface area contributed by atoms with Crippen molar-refractivity contribution in [3.8, 4) is 5.88 Å². The van der Waals surface area contributed by atoms with Gasteiger partial charge in [-0.2, -0.15) is 0 Å². The van der Waals surface area contributed by atoms with E-state index in [1.165, 1.54) is 4.68 Å². The third-order valence-corrected chi connectivity index (χ3v) is 10.6. The topological polar surface area (TPSA) is 82.8 Å². The molecule has 8 atom stereocenters. The highest BCUT2D eigenvalue weighted by Gasteiger charge is 2.70. The Hall–Kier alpha value is -1.58. The fraction of sp³-hybridized carbons (Fsp3) is 0.862. The van der Waals surface area contributed by atoms with E-state index < -0.39 is 22.9 Å². The summed E-state index contributed by atoms with van der Waals surface area (Å²) >= 11 is 0. The highest BCUT2D eigenvalue weighted by atomic mass is 19.3. The number of ketones is 1. The predicted octanol–water partition coefficient (Wildman–Crippen LogP) is 4.76. The van der Waals surface area contributed by atoms with Gasteiger partial charge in [0.1, 0.15) is 6.61 Å². The monoisotopic (exact) mass is 538 g/mol. The number of halogens is 2. The van der Waals surface area contributed by atoms with Gasteiger partial charge in [-0.25, -0.2) is 8.78 Å². The SMILES string of the molecule is COCCOCCOc1ccn(CC(=O)[C@H]2CC[C@H]3[C@@H]4CC[C@@H]5C[C@](C)(O)CC[C@@H]5[C@H]4CC(F)(F)[C@]23C)n1. The fourth-order valence-electron chi connectivity index (χ4n) is 8.78. The van der Waals surface area contributed by atoms with E-state index in [-0.39, 0.29) is 42.4 Å². The molecule has 0 aliphatic heterocycles. The molecule has 0 aromatic carbocycles. The number of carbonyl (C=O) groups excluding carboxylic acids is 1. The molecular formula is C29H44F2N2O5. The van der Waals surface area contributed by atoms with Crippen molar-refractivity contribution < 1.29 is 32.9 Å². The van der Waals surface area contributed by atoms with Gasteiger partial charge in [0, 0.05) is 37.1 Å². The van der Waals surface area contributed by atoms with Crippen molar-refractivity contribution in [3.63, 3.8) is 0 Å². The van der Waals surface area contributed by atoms with E-state index >= 15 is 8.78 Å². The molecule has 0 saturated heterocycles. The molecular weight excluding hydrogens is 494 g/mol. The zero-order valence-corrected chi connectivity index (χ0v) is 23.0. The molecule has 4 aliphatic rings. The summed E-state index contributed by atoms with van der Waals surface area (Å²) in [5.41, 5.74) is -1.98. The summed E-state index contributed by atoms with van der Waals surface area (Å²) < 4.78 is 49.7. The normalized spacial score (nSPS) is 39.7. The van der Waals surface area contributed by atoms with Gasteiger partial charge in [-0.15, -0.1) is 5.10 Å². The zero-order valence-electron chi connectivity index (χ0n) is 23.0. The zero-order chi connectivity index (χ0) is 27.1. The van der Waals surface area contributed by atoms with E-state index in [9.17, 15) is 9.90 Å². The molecule has 9 heteroatoms. The lowest BCUT2D eigenvalue weighted by Gasteiger charge is -2.59. The largest absolute Gasteiger partial charge is 0.474 e. The maximum Gasteiger partial charge on any atom is 0.254 e. The second-order valence-electron chi connectivity index (χ2n) is 12.8. The Morgan fingerprint density at radius 3 is 2.63 bits per heavy atom. The summed E-state index contributed by atoms with van der Waals surface area (Å²) in [5, 5.41) is 14.9. The molecule has 4 saturated carbocycles. The summed E-state index contributed by atoms with van der Waals surface area (Å²) in [6, 6.07) is 1.68. The van der Waals surface area contributed by atoms with Crippen LogP contribution in [0.4, 0.5) is 8.78 Å². The second kappa shape index (κ2) is 10.8. The highest BCUT2D eigenvalue weighted by Crippen LogP contribution is 2.69. The molecule has 0 amide bonds. The minimum absolute atomic E-state index is 0.00363. The van der Waals surface area contributed by atoms with Crippen molar-refractivity contribution in [2.45, 2.75) is 83.3 Å². The molecule has 0 radical (unpaired) electrons. The molecule has 0 unspecified atom stereocenters. The second-order valence-corrected chi connectivity index (χ2v) is 12.8. The number of nitrogens with zero attached hydrogens (tertiary/aromatic N) is 2. The van der Waals surface area contributed by atoms with Crippen LogP contribution in [0.3, 0.4) is 0 Å². The number of rotatable bonds is 10. The smallest absolute Gasteiger partial charge is 0.254 e. The van der Waals surface area contributed by atoms with Gasteiger partial charge >= 0.3 is 0 Å². The van der Waals surface area contributed by atoms with Gasteiger partial charge < -0.3 is 19.3 Å². The summed E-state index contributed by atoms with van der Waals surface area (Å²) in [6.07, 6.45) is 6.96. The standard InChI is InChI=1S/C29H44F2N2O5/c1-27(35)10-8-20-19(16-27)4-5-21-22(20)17-29(30,31)28(2)23(21)6-7-24(28)25(34)18-33-11-9-26(32-33)38-15-14-37-13-12-36-3/h9,11,19-24,35H,4-8,10,12-18H2,1-3H3/t19-,20+,21-,22-,23+,24-,27-,28+/m1/s1. The van der Waals surface area contributed by atoms with Crippen LogP contribution >= 0.6 is 0 Å². The van der Waals surface area contributed by atoms with Gasteiger partial charge in [0.25, 0.3) is 5.92 Å². The van der Waals surface area contributed by atoms with Gasteiger partial charge in [0.15, 0.2) is 5.78 Å². The number of aromatic nitrogens is 2. The van der Waals surface area contributed by atoms with Crippen LogP contribution in [0.25, 0.3) is 0 Å². The van der Waals surface area contributed by atoms with Crippen LogP contribution in [0.1, 0.15) is 65.2 Å². The highest BCUT2D eigenvalue weighted by molar-refractivity contribution is 5.82. The van der Waals surface area contributed by atoms with Crippen molar-refractivity contribution in [2.24, 2.45) is 40.9 Å². The molecule has 7 nitrogen and oxygen atoms in total. The summed E-state index contributed by atoms with van der Waals surface area (Å²) in [4.78, 5) is 13.5. The van der Waals surface area contributed by atoms with Crippen molar-refractivity contribution in [2.75, 3.05) is 33.5 Å². The third-order valence-electron chi connectivity index (χ3n) is 10.6. The first kappa shape index (κ1) is 28.0. The Bertz CT molecular complexity index is 984. The van der Waals surface area contributed by atoms with Gasteiger partial charge in [-0.3, -0.25) is 9.48 Å². The third kappa shape index (κ3) is 5.15. The van der Waals surface area contributed by atoms with Crippen LogP contribution in [0.2, 0.25) is 0 Å². The molecule has 214 valence electrons. The maximum atomic E-state index is 16.2. The predicted molar refractivity (Wildman–Crippen MR) is 137 cm³/mol. The Morgan fingerprint density at radius 2 is 1.84 bits per heavy atom.